The van der Waals surface area contributed by atoms with Gasteiger partial charge in [-0.25, -0.2) is 0 Å². The maximum atomic E-state index is 12.6. The molecule has 0 spiro atoms. The van der Waals surface area contributed by atoms with Crippen LogP contribution in [0.4, 0.5) is 12.9 Å². The lowest BCUT2D eigenvalue weighted by Crippen LogP contribution is -2.37. The molecule has 0 amide bonds. The predicted molar refractivity (Wildman–Crippen MR) is 55.9 cm³/mol. The second kappa shape index (κ2) is 4.78. The lowest BCUT2D eigenvalue weighted by atomic mass is 9.76. The number of hydrogen-bond donors (Lipinski definition) is 0. The summed E-state index contributed by atoms with van der Waals surface area (Å²) in [6, 6.07) is 3.31. The number of carbonyl (C=O) groups is 1. The van der Waals surface area contributed by atoms with Crippen LogP contribution in [0.1, 0.15) is 5.56 Å². The summed E-state index contributed by atoms with van der Waals surface area (Å²) in [5.41, 5.74) is -0.971. The third kappa shape index (κ3) is 3.16. The molecule has 0 radical (unpaired) electrons. The maximum absolute atomic E-state index is 12.6. The first-order valence-corrected chi connectivity index (χ1v) is 4.77. The van der Waals surface area contributed by atoms with Gasteiger partial charge in [0.2, 0.25) is 0 Å². The molecule has 2 nitrogen and oxygen atoms in total. The number of methoxy groups -OCH3 is 1. The highest BCUT2D eigenvalue weighted by Gasteiger charge is 2.29. The van der Waals surface area contributed by atoms with Gasteiger partial charge in [0.1, 0.15) is 0 Å². The molecular formula is C9H8BClF3O2-. The predicted octanol–water partition coefficient (Wildman–Crippen LogP) is 2.11. The van der Waals surface area contributed by atoms with Crippen molar-refractivity contribution < 1.29 is 22.5 Å². The zero-order chi connectivity index (χ0) is 12.3. The van der Waals surface area contributed by atoms with E-state index in [0.29, 0.717) is 0 Å². The van der Waals surface area contributed by atoms with Crippen LogP contribution >= 0.6 is 11.6 Å². The first-order chi connectivity index (χ1) is 7.34. The van der Waals surface area contributed by atoms with Crippen LogP contribution in [0, 0.1) is 0 Å². The number of halogens is 4. The average molecular weight is 251 g/mol. The molecule has 0 fully saturated rings. The van der Waals surface area contributed by atoms with Gasteiger partial charge < -0.3 is 17.7 Å². The molecule has 0 N–H and O–H groups in total. The molecule has 16 heavy (non-hydrogen) atoms. The molecule has 0 aromatic heterocycles. The monoisotopic (exact) mass is 251 g/mol. The molecule has 1 rings (SSSR count). The number of ether oxygens (including phenoxy) is 1. The molecule has 0 aliphatic rings. The summed E-state index contributed by atoms with van der Waals surface area (Å²) in [5.74, 6) is -0.719. The van der Waals surface area contributed by atoms with Gasteiger partial charge in [0, 0.05) is 5.02 Å². The molecule has 88 valence electrons. The Morgan fingerprint density at radius 2 is 2.06 bits per heavy atom. The standard InChI is InChI=1S/C9H8BClF3O2/c1-16-9(15)4-6-2-3-7(11)5-8(6)10(12,13)14/h2-3,5H,4H2,1H3/q-1. The number of hydrogen-bond acceptors (Lipinski definition) is 2. The van der Waals surface area contributed by atoms with E-state index in [0.717, 1.165) is 13.2 Å². The number of benzene rings is 1. The topological polar surface area (TPSA) is 26.3 Å². The molecule has 7 heteroatoms. The van der Waals surface area contributed by atoms with Crippen LogP contribution in [0.25, 0.3) is 0 Å². The first kappa shape index (κ1) is 12.9. The minimum absolute atomic E-state index is 0.0113. The van der Waals surface area contributed by atoms with Gasteiger partial charge in [-0.05, 0) is 6.07 Å². The van der Waals surface area contributed by atoms with E-state index >= 15 is 0 Å². The third-order valence-electron chi connectivity index (χ3n) is 2.02. The van der Waals surface area contributed by atoms with Gasteiger partial charge in [-0.3, -0.25) is 4.79 Å². The van der Waals surface area contributed by atoms with E-state index < -0.39 is 24.8 Å². The molecular weight excluding hydrogens is 243 g/mol. The third-order valence-corrected chi connectivity index (χ3v) is 2.26. The van der Waals surface area contributed by atoms with E-state index in [-0.39, 0.29) is 10.6 Å². The minimum Gasteiger partial charge on any atom is -0.469 e. The Morgan fingerprint density at radius 1 is 1.44 bits per heavy atom. The number of rotatable bonds is 3. The van der Waals surface area contributed by atoms with Crippen molar-refractivity contribution in [1.82, 2.24) is 0 Å². The van der Waals surface area contributed by atoms with E-state index in [2.05, 4.69) is 4.74 Å². The largest absolute Gasteiger partial charge is 0.509 e. The normalized spacial score (nSPS) is 11.3. The van der Waals surface area contributed by atoms with Gasteiger partial charge >= 0.3 is 12.9 Å². The van der Waals surface area contributed by atoms with Gasteiger partial charge in [0.05, 0.1) is 13.5 Å². The summed E-state index contributed by atoms with van der Waals surface area (Å²) in [6.45, 7) is -5.18. The van der Waals surface area contributed by atoms with Gasteiger partial charge in [0.15, 0.2) is 0 Å². The molecule has 0 atom stereocenters. The highest BCUT2D eigenvalue weighted by atomic mass is 35.5. The summed E-state index contributed by atoms with van der Waals surface area (Å²) < 4.78 is 42.2. The van der Waals surface area contributed by atoms with Crippen molar-refractivity contribution in [2.45, 2.75) is 6.42 Å². The second-order valence-electron chi connectivity index (χ2n) is 3.17. The van der Waals surface area contributed by atoms with Crippen LogP contribution in [-0.2, 0) is 16.0 Å². The fourth-order valence-corrected chi connectivity index (χ4v) is 1.44. The van der Waals surface area contributed by atoms with Crippen LogP contribution in [0.2, 0.25) is 5.02 Å². The van der Waals surface area contributed by atoms with Crippen molar-refractivity contribution in [1.29, 1.82) is 0 Å². The second-order valence-corrected chi connectivity index (χ2v) is 3.61. The number of esters is 1. The van der Waals surface area contributed by atoms with Crippen LogP contribution in [0.3, 0.4) is 0 Å². The van der Waals surface area contributed by atoms with Crippen LogP contribution in [0.15, 0.2) is 18.2 Å². The van der Waals surface area contributed by atoms with E-state index in [1.807, 2.05) is 0 Å². The van der Waals surface area contributed by atoms with Crippen LogP contribution in [-0.4, -0.2) is 20.1 Å². The van der Waals surface area contributed by atoms with Gasteiger partial charge in [0.25, 0.3) is 0 Å². The smallest absolute Gasteiger partial charge is 0.469 e. The Hall–Kier alpha value is -1.17. The van der Waals surface area contributed by atoms with E-state index in [1.54, 1.807) is 0 Å². The van der Waals surface area contributed by atoms with Gasteiger partial charge in [-0.15, -0.1) is 5.46 Å². The van der Waals surface area contributed by atoms with Crippen molar-refractivity contribution in [2.75, 3.05) is 7.11 Å². The maximum Gasteiger partial charge on any atom is 0.509 e. The first-order valence-electron chi connectivity index (χ1n) is 4.39. The SMILES string of the molecule is COC(=O)Cc1ccc(Cl)cc1[B-](F)(F)F. The van der Waals surface area contributed by atoms with Crippen molar-refractivity contribution in [3.8, 4) is 0 Å². The van der Waals surface area contributed by atoms with E-state index in [9.17, 15) is 17.7 Å². The van der Waals surface area contributed by atoms with E-state index in [1.165, 1.54) is 12.1 Å². The Bertz CT molecular complexity index is 406. The van der Waals surface area contributed by atoms with Crippen molar-refractivity contribution in [3.05, 3.63) is 28.8 Å². The molecule has 1 aromatic rings. The van der Waals surface area contributed by atoms with Crippen molar-refractivity contribution >= 4 is 30.0 Å². The fourth-order valence-electron chi connectivity index (χ4n) is 1.26. The average Bonchev–Trinajstić information content (AvgIpc) is 2.19. The molecule has 0 unspecified atom stereocenters. The lowest BCUT2D eigenvalue weighted by molar-refractivity contribution is -0.139. The Kier molecular flexibility index (Phi) is 3.85. The van der Waals surface area contributed by atoms with Crippen molar-refractivity contribution in [2.24, 2.45) is 0 Å². The molecule has 0 aliphatic heterocycles. The highest BCUT2D eigenvalue weighted by molar-refractivity contribution is 6.74. The molecule has 0 heterocycles. The Labute approximate surface area is 95.4 Å². The van der Waals surface area contributed by atoms with Crippen LogP contribution < -0.4 is 5.46 Å². The zero-order valence-corrected chi connectivity index (χ0v) is 9.10. The summed E-state index contributed by atoms with van der Waals surface area (Å²) >= 11 is 5.49. The quantitative estimate of drug-likeness (QED) is 0.607. The Balaban J connectivity index is 3.13. The molecule has 0 bridgehead atoms. The van der Waals surface area contributed by atoms with Crippen LogP contribution in [0.5, 0.6) is 0 Å². The van der Waals surface area contributed by atoms with Crippen molar-refractivity contribution in [3.63, 3.8) is 0 Å². The van der Waals surface area contributed by atoms with Gasteiger partial charge in [-0.2, -0.15) is 0 Å². The number of carbonyl (C=O) groups excluding carboxylic acids is 1. The summed E-state index contributed by atoms with van der Waals surface area (Å²) in [7, 11) is 1.12. The molecule has 0 saturated heterocycles. The molecule has 0 aliphatic carbocycles. The van der Waals surface area contributed by atoms with E-state index in [4.69, 9.17) is 11.6 Å². The zero-order valence-electron chi connectivity index (χ0n) is 8.34. The highest BCUT2D eigenvalue weighted by Crippen LogP contribution is 2.17. The summed E-state index contributed by atoms with van der Waals surface area (Å²) in [5, 5.41) is -0.0113. The molecule has 1 aromatic carbocycles. The lowest BCUT2D eigenvalue weighted by Gasteiger charge is -2.19. The van der Waals surface area contributed by atoms with Gasteiger partial charge in [-0.1, -0.05) is 29.3 Å². The molecule has 0 saturated carbocycles. The fraction of sp³-hybridized carbons (Fsp3) is 0.222. The Morgan fingerprint density at radius 3 is 2.56 bits per heavy atom. The summed E-state index contributed by atoms with van der Waals surface area (Å²) in [6.07, 6.45) is -0.412. The summed E-state index contributed by atoms with van der Waals surface area (Å²) in [4.78, 5) is 10.9. The minimum atomic E-state index is -5.18.